The molecule has 94 valence electrons. The number of hydrogen-bond donors (Lipinski definition) is 0. The lowest BCUT2D eigenvalue weighted by atomic mass is 10.1. The molecule has 2 rings (SSSR count). The zero-order valence-electron chi connectivity index (χ0n) is 10.4. The molecule has 1 fully saturated rings. The van der Waals surface area contributed by atoms with Gasteiger partial charge >= 0.3 is 0 Å². The number of rotatable bonds is 3. The van der Waals surface area contributed by atoms with Gasteiger partial charge in [0, 0.05) is 30.0 Å². The van der Waals surface area contributed by atoms with Crippen molar-refractivity contribution >= 4 is 29.0 Å². The largest absolute Gasteiger partial charge is 0.338 e. The summed E-state index contributed by atoms with van der Waals surface area (Å²) < 4.78 is 0. The standard InChI is InChI=1S/C13H19NOS2/c1-10-11(2)17-8-6-14(10)13(15)4-3-12-5-7-16-9-12/h5,7,9-11H,3-4,6,8H2,1-2H3/t10-,11+/m0/s1. The highest BCUT2D eigenvalue weighted by Crippen LogP contribution is 2.25. The molecule has 0 aliphatic carbocycles. The Kier molecular flexibility index (Phi) is 4.51. The number of nitrogens with zero attached hydrogens (tertiary/aromatic N) is 1. The predicted molar refractivity (Wildman–Crippen MR) is 75.7 cm³/mol. The van der Waals surface area contributed by atoms with Gasteiger partial charge in [-0.2, -0.15) is 23.1 Å². The van der Waals surface area contributed by atoms with Crippen LogP contribution in [0.2, 0.25) is 0 Å². The quantitative estimate of drug-likeness (QED) is 0.840. The molecule has 0 N–H and O–H groups in total. The molecule has 4 heteroatoms. The second-order valence-electron chi connectivity index (χ2n) is 4.54. The van der Waals surface area contributed by atoms with Gasteiger partial charge in [0.25, 0.3) is 0 Å². The van der Waals surface area contributed by atoms with Gasteiger partial charge in [-0.3, -0.25) is 4.79 Å². The van der Waals surface area contributed by atoms with Crippen LogP contribution in [-0.2, 0) is 11.2 Å². The van der Waals surface area contributed by atoms with Crippen molar-refractivity contribution in [3.05, 3.63) is 22.4 Å². The van der Waals surface area contributed by atoms with Gasteiger partial charge in [0.15, 0.2) is 0 Å². The Hall–Kier alpha value is -0.480. The molecule has 1 amide bonds. The number of hydrogen-bond acceptors (Lipinski definition) is 3. The zero-order chi connectivity index (χ0) is 12.3. The minimum atomic E-state index is 0.316. The van der Waals surface area contributed by atoms with Crippen LogP contribution in [0.15, 0.2) is 16.8 Å². The molecule has 1 aliphatic heterocycles. The highest BCUT2D eigenvalue weighted by molar-refractivity contribution is 8.00. The molecule has 1 aromatic rings. The molecule has 0 spiro atoms. The van der Waals surface area contributed by atoms with Crippen LogP contribution in [0.3, 0.4) is 0 Å². The van der Waals surface area contributed by atoms with Crippen molar-refractivity contribution < 1.29 is 4.79 Å². The summed E-state index contributed by atoms with van der Waals surface area (Å²) >= 11 is 3.67. The van der Waals surface area contributed by atoms with E-state index in [2.05, 4.69) is 35.6 Å². The summed E-state index contributed by atoms with van der Waals surface area (Å²) in [5.74, 6) is 1.39. The molecular weight excluding hydrogens is 250 g/mol. The van der Waals surface area contributed by atoms with E-state index in [1.807, 2.05) is 11.8 Å². The molecule has 1 saturated heterocycles. The lowest BCUT2D eigenvalue weighted by Crippen LogP contribution is -2.48. The fraction of sp³-hybridized carbons (Fsp3) is 0.615. The van der Waals surface area contributed by atoms with Gasteiger partial charge < -0.3 is 4.90 Å². The summed E-state index contributed by atoms with van der Waals surface area (Å²) in [5, 5.41) is 4.77. The lowest BCUT2D eigenvalue weighted by Gasteiger charge is -2.37. The summed E-state index contributed by atoms with van der Waals surface area (Å²) in [5.41, 5.74) is 1.29. The van der Waals surface area contributed by atoms with E-state index in [4.69, 9.17) is 0 Å². The topological polar surface area (TPSA) is 20.3 Å². The Labute approximate surface area is 111 Å². The van der Waals surface area contributed by atoms with Gasteiger partial charge in [-0.15, -0.1) is 0 Å². The molecule has 0 radical (unpaired) electrons. The van der Waals surface area contributed by atoms with Crippen molar-refractivity contribution in [3.8, 4) is 0 Å². The van der Waals surface area contributed by atoms with Crippen molar-refractivity contribution in [1.29, 1.82) is 0 Å². The minimum absolute atomic E-state index is 0.316. The van der Waals surface area contributed by atoms with E-state index in [1.165, 1.54) is 5.56 Å². The predicted octanol–water partition coefficient (Wildman–Crippen LogP) is 3.03. The molecule has 2 heterocycles. The molecule has 1 aromatic heterocycles. The number of carbonyl (C=O) groups is 1. The Morgan fingerprint density at radius 1 is 1.53 bits per heavy atom. The van der Waals surface area contributed by atoms with E-state index in [0.29, 0.717) is 23.6 Å². The van der Waals surface area contributed by atoms with Crippen molar-refractivity contribution in [3.63, 3.8) is 0 Å². The molecule has 0 saturated carbocycles. The van der Waals surface area contributed by atoms with Gasteiger partial charge in [0.2, 0.25) is 5.91 Å². The maximum Gasteiger partial charge on any atom is 0.223 e. The highest BCUT2D eigenvalue weighted by Gasteiger charge is 2.28. The first-order valence-electron chi connectivity index (χ1n) is 6.10. The fourth-order valence-electron chi connectivity index (χ4n) is 2.11. The Balaban J connectivity index is 1.86. The summed E-state index contributed by atoms with van der Waals surface area (Å²) in [4.78, 5) is 14.2. The van der Waals surface area contributed by atoms with Crippen LogP contribution in [-0.4, -0.2) is 34.4 Å². The Morgan fingerprint density at radius 3 is 3.06 bits per heavy atom. The average Bonchev–Trinajstić information content (AvgIpc) is 2.82. The number of amides is 1. The number of thiophene rings is 1. The van der Waals surface area contributed by atoms with E-state index in [-0.39, 0.29) is 0 Å². The second-order valence-corrected chi connectivity index (χ2v) is 6.80. The van der Waals surface area contributed by atoms with Gasteiger partial charge in [0.05, 0.1) is 0 Å². The van der Waals surface area contributed by atoms with Gasteiger partial charge in [-0.1, -0.05) is 6.92 Å². The van der Waals surface area contributed by atoms with E-state index in [9.17, 15) is 4.79 Å². The fourth-order valence-corrected chi connectivity index (χ4v) is 3.92. The van der Waals surface area contributed by atoms with Crippen LogP contribution in [0.5, 0.6) is 0 Å². The van der Waals surface area contributed by atoms with Crippen LogP contribution >= 0.6 is 23.1 Å². The van der Waals surface area contributed by atoms with Crippen LogP contribution < -0.4 is 0 Å². The average molecular weight is 269 g/mol. The Morgan fingerprint density at radius 2 is 2.35 bits per heavy atom. The van der Waals surface area contributed by atoms with E-state index in [0.717, 1.165) is 18.7 Å². The van der Waals surface area contributed by atoms with Crippen molar-refractivity contribution in [1.82, 2.24) is 4.90 Å². The summed E-state index contributed by atoms with van der Waals surface area (Å²) in [6.07, 6.45) is 1.53. The third-order valence-electron chi connectivity index (χ3n) is 3.41. The third kappa shape index (κ3) is 3.26. The van der Waals surface area contributed by atoms with Crippen LogP contribution in [0.25, 0.3) is 0 Å². The maximum absolute atomic E-state index is 12.2. The third-order valence-corrected chi connectivity index (χ3v) is 5.48. The van der Waals surface area contributed by atoms with Crippen LogP contribution in [0, 0.1) is 0 Å². The van der Waals surface area contributed by atoms with Crippen molar-refractivity contribution in [2.75, 3.05) is 12.3 Å². The molecule has 0 bridgehead atoms. The Bertz CT molecular complexity index is 364. The molecule has 0 aromatic carbocycles. The molecule has 2 atom stereocenters. The number of thioether (sulfide) groups is 1. The molecule has 17 heavy (non-hydrogen) atoms. The smallest absolute Gasteiger partial charge is 0.223 e. The van der Waals surface area contributed by atoms with Crippen molar-refractivity contribution in [2.45, 2.75) is 38.0 Å². The number of aryl methyl sites for hydroxylation is 1. The second kappa shape index (κ2) is 5.91. The monoisotopic (exact) mass is 269 g/mol. The zero-order valence-corrected chi connectivity index (χ0v) is 12.0. The van der Waals surface area contributed by atoms with Gasteiger partial charge in [-0.05, 0) is 35.7 Å². The summed E-state index contributed by atoms with van der Waals surface area (Å²) in [7, 11) is 0. The van der Waals surface area contributed by atoms with Gasteiger partial charge in [0.1, 0.15) is 0 Å². The van der Waals surface area contributed by atoms with E-state index < -0.39 is 0 Å². The van der Waals surface area contributed by atoms with Gasteiger partial charge in [-0.25, -0.2) is 0 Å². The highest BCUT2D eigenvalue weighted by atomic mass is 32.2. The molecule has 0 unspecified atom stereocenters. The van der Waals surface area contributed by atoms with Crippen LogP contribution in [0.1, 0.15) is 25.8 Å². The lowest BCUT2D eigenvalue weighted by molar-refractivity contribution is -0.133. The SMILES string of the molecule is C[C@H]1SCCN(C(=O)CCc2ccsc2)[C@H]1C. The maximum atomic E-state index is 12.2. The first kappa shape index (κ1) is 13.0. The van der Waals surface area contributed by atoms with Crippen LogP contribution in [0.4, 0.5) is 0 Å². The van der Waals surface area contributed by atoms with E-state index in [1.54, 1.807) is 11.3 Å². The summed E-state index contributed by atoms with van der Waals surface area (Å²) in [6.45, 7) is 5.30. The number of carbonyl (C=O) groups excluding carboxylic acids is 1. The first-order valence-corrected chi connectivity index (χ1v) is 8.10. The van der Waals surface area contributed by atoms with E-state index >= 15 is 0 Å². The molecule has 2 nitrogen and oxygen atoms in total. The molecular formula is C13H19NOS2. The van der Waals surface area contributed by atoms with Crippen molar-refractivity contribution in [2.24, 2.45) is 0 Å². The minimum Gasteiger partial charge on any atom is -0.338 e. The molecule has 1 aliphatic rings. The normalized spacial score (nSPS) is 24.9. The first-order chi connectivity index (χ1) is 8.18. The summed E-state index contributed by atoms with van der Waals surface area (Å²) in [6, 6.07) is 2.49.